The highest BCUT2D eigenvalue weighted by Crippen LogP contribution is 2.18. The second kappa shape index (κ2) is 8.87. The zero-order chi connectivity index (χ0) is 18.2. The Morgan fingerprint density at radius 3 is 2.44 bits per heavy atom. The van der Waals surface area contributed by atoms with Crippen molar-refractivity contribution in [2.75, 3.05) is 19.0 Å². The number of benzene rings is 2. The number of hydrogen-bond acceptors (Lipinski definition) is 4. The van der Waals surface area contributed by atoms with Crippen molar-refractivity contribution < 1.29 is 19.1 Å². The molecular weight excluding hydrogens is 318 g/mol. The molecular formula is C20H23NO4. The minimum atomic E-state index is -0.295. The molecule has 0 spiro atoms. The van der Waals surface area contributed by atoms with Gasteiger partial charge in [-0.05, 0) is 41.3 Å². The van der Waals surface area contributed by atoms with Crippen LogP contribution in [0.2, 0.25) is 0 Å². The van der Waals surface area contributed by atoms with E-state index in [-0.39, 0.29) is 24.9 Å². The summed E-state index contributed by atoms with van der Waals surface area (Å²) in [5.74, 6) is 0.451. The smallest absolute Gasteiger partial charge is 0.309 e. The van der Waals surface area contributed by atoms with Crippen LogP contribution in [0.25, 0.3) is 0 Å². The Kier molecular flexibility index (Phi) is 6.57. The first-order valence-electron chi connectivity index (χ1n) is 8.16. The maximum atomic E-state index is 12.0. The fourth-order valence-corrected chi connectivity index (χ4v) is 2.26. The van der Waals surface area contributed by atoms with E-state index in [1.807, 2.05) is 24.3 Å². The molecule has 25 heavy (non-hydrogen) atoms. The average Bonchev–Trinajstić information content (AvgIpc) is 2.61. The predicted molar refractivity (Wildman–Crippen MR) is 96.8 cm³/mol. The fraction of sp³-hybridized carbons (Fsp3) is 0.300. The van der Waals surface area contributed by atoms with Gasteiger partial charge in [-0.1, -0.05) is 38.1 Å². The normalized spacial score (nSPS) is 10.4. The van der Waals surface area contributed by atoms with Crippen molar-refractivity contribution in [1.29, 1.82) is 0 Å². The molecule has 1 N–H and O–H groups in total. The van der Waals surface area contributed by atoms with Gasteiger partial charge in [0.25, 0.3) is 5.91 Å². The standard InChI is InChI=1S/C20H23NO4/c1-14(2)16-5-4-6-17(12-16)21-19(22)13-25-18-9-7-15(8-10-18)11-20(23)24-3/h4-10,12,14H,11,13H2,1-3H3,(H,21,22). The molecule has 0 aliphatic heterocycles. The van der Waals surface area contributed by atoms with Crippen LogP contribution < -0.4 is 10.1 Å². The Morgan fingerprint density at radius 1 is 1.08 bits per heavy atom. The molecule has 0 atom stereocenters. The van der Waals surface area contributed by atoms with Gasteiger partial charge in [-0.25, -0.2) is 0 Å². The van der Waals surface area contributed by atoms with Crippen LogP contribution in [0.1, 0.15) is 30.9 Å². The number of carbonyl (C=O) groups is 2. The molecule has 132 valence electrons. The third kappa shape index (κ3) is 5.95. The number of anilines is 1. The van der Waals surface area contributed by atoms with E-state index in [1.54, 1.807) is 24.3 Å². The highest BCUT2D eigenvalue weighted by molar-refractivity contribution is 5.91. The number of ether oxygens (including phenoxy) is 2. The van der Waals surface area contributed by atoms with Crippen LogP contribution in [0.3, 0.4) is 0 Å². The topological polar surface area (TPSA) is 64.6 Å². The van der Waals surface area contributed by atoms with Crippen molar-refractivity contribution in [3.63, 3.8) is 0 Å². The third-order valence-corrected chi connectivity index (χ3v) is 3.71. The summed E-state index contributed by atoms with van der Waals surface area (Å²) < 4.78 is 10.1. The zero-order valence-corrected chi connectivity index (χ0v) is 14.7. The molecule has 0 aliphatic carbocycles. The molecule has 5 heteroatoms. The second-order valence-corrected chi connectivity index (χ2v) is 6.01. The van der Waals surface area contributed by atoms with E-state index in [4.69, 9.17) is 4.74 Å². The maximum Gasteiger partial charge on any atom is 0.309 e. The lowest BCUT2D eigenvalue weighted by Gasteiger charge is -2.10. The predicted octanol–water partition coefficient (Wildman–Crippen LogP) is 3.54. The molecule has 0 fully saturated rings. The van der Waals surface area contributed by atoms with E-state index in [1.165, 1.54) is 12.7 Å². The summed E-state index contributed by atoms with van der Waals surface area (Å²) in [6.45, 7) is 4.13. The Balaban J connectivity index is 1.85. The molecule has 0 aromatic heterocycles. The second-order valence-electron chi connectivity index (χ2n) is 6.01. The van der Waals surface area contributed by atoms with E-state index in [0.717, 1.165) is 11.3 Å². The van der Waals surface area contributed by atoms with Crippen LogP contribution in [0, 0.1) is 0 Å². The van der Waals surface area contributed by atoms with Crippen molar-refractivity contribution >= 4 is 17.6 Å². The van der Waals surface area contributed by atoms with Gasteiger partial charge in [-0.3, -0.25) is 9.59 Å². The molecule has 2 rings (SSSR count). The minimum absolute atomic E-state index is 0.0811. The number of esters is 1. The SMILES string of the molecule is COC(=O)Cc1ccc(OCC(=O)Nc2cccc(C(C)C)c2)cc1. The summed E-state index contributed by atoms with van der Waals surface area (Å²) >= 11 is 0. The zero-order valence-electron chi connectivity index (χ0n) is 14.7. The summed E-state index contributed by atoms with van der Waals surface area (Å²) in [5.41, 5.74) is 2.75. The first kappa shape index (κ1) is 18.5. The molecule has 0 saturated heterocycles. The third-order valence-electron chi connectivity index (χ3n) is 3.71. The van der Waals surface area contributed by atoms with Crippen LogP contribution >= 0.6 is 0 Å². The van der Waals surface area contributed by atoms with Gasteiger partial charge in [-0.15, -0.1) is 0 Å². The van der Waals surface area contributed by atoms with E-state index in [2.05, 4.69) is 23.9 Å². The molecule has 2 aromatic carbocycles. The molecule has 0 bridgehead atoms. The number of amides is 1. The quantitative estimate of drug-likeness (QED) is 0.782. The molecule has 0 radical (unpaired) electrons. The van der Waals surface area contributed by atoms with E-state index in [0.29, 0.717) is 11.7 Å². The van der Waals surface area contributed by atoms with E-state index < -0.39 is 0 Å². The molecule has 0 heterocycles. The number of nitrogens with one attached hydrogen (secondary N) is 1. The van der Waals surface area contributed by atoms with Crippen molar-refractivity contribution in [3.05, 3.63) is 59.7 Å². The van der Waals surface area contributed by atoms with Gasteiger partial charge in [0.1, 0.15) is 5.75 Å². The van der Waals surface area contributed by atoms with Crippen LogP contribution in [0.15, 0.2) is 48.5 Å². The molecule has 2 aromatic rings. The van der Waals surface area contributed by atoms with Gasteiger partial charge < -0.3 is 14.8 Å². The average molecular weight is 341 g/mol. The van der Waals surface area contributed by atoms with E-state index in [9.17, 15) is 9.59 Å². The van der Waals surface area contributed by atoms with Crippen molar-refractivity contribution in [2.45, 2.75) is 26.2 Å². The summed E-state index contributed by atoms with van der Waals surface area (Å²) in [6.07, 6.45) is 0.212. The highest BCUT2D eigenvalue weighted by Gasteiger charge is 2.07. The first-order chi connectivity index (χ1) is 12.0. The van der Waals surface area contributed by atoms with Gasteiger partial charge in [0.15, 0.2) is 6.61 Å². The molecule has 0 unspecified atom stereocenters. The number of methoxy groups -OCH3 is 1. The molecule has 5 nitrogen and oxygen atoms in total. The molecule has 0 aliphatic rings. The molecule has 1 amide bonds. The Bertz CT molecular complexity index is 723. The Morgan fingerprint density at radius 2 is 1.80 bits per heavy atom. The lowest BCUT2D eigenvalue weighted by Crippen LogP contribution is -2.20. The fourth-order valence-electron chi connectivity index (χ4n) is 2.26. The Labute approximate surface area is 148 Å². The highest BCUT2D eigenvalue weighted by atomic mass is 16.5. The number of hydrogen-bond donors (Lipinski definition) is 1. The Hall–Kier alpha value is -2.82. The van der Waals surface area contributed by atoms with Gasteiger partial charge in [0.05, 0.1) is 13.5 Å². The van der Waals surface area contributed by atoms with Crippen LogP contribution in [0.4, 0.5) is 5.69 Å². The van der Waals surface area contributed by atoms with Gasteiger partial charge >= 0.3 is 5.97 Å². The van der Waals surface area contributed by atoms with Crippen LogP contribution in [0.5, 0.6) is 5.75 Å². The minimum Gasteiger partial charge on any atom is -0.484 e. The van der Waals surface area contributed by atoms with Gasteiger partial charge in [0.2, 0.25) is 0 Å². The maximum absolute atomic E-state index is 12.0. The largest absolute Gasteiger partial charge is 0.484 e. The van der Waals surface area contributed by atoms with Crippen molar-refractivity contribution in [2.24, 2.45) is 0 Å². The monoisotopic (exact) mass is 341 g/mol. The van der Waals surface area contributed by atoms with Gasteiger partial charge in [0, 0.05) is 5.69 Å². The van der Waals surface area contributed by atoms with Crippen LogP contribution in [-0.2, 0) is 20.7 Å². The summed E-state index contributed by atoms with van der Waals surface area (Å²) in [6, 6.07) is 14.8. The van der Waals surface area contributed by atoms with Crippen LogP contribution in [-0.4, -0.2) is 25.6 Å². The molecule has 0 saturated carbocycles. The van der Waals surface area contributed by atoms with E-state index >= 15 is 0 Å². The lowest BCUT2D eigenvalue weighted by molar-refractivity contribution is -0.139. The summed E-state index contributed by atoms with van der Waals surface area (Å²) in [5, 5.41) is 2.83. The first-order valence-corrected chi connectivity index (χ1v) is 8.16. The summed E-state index contributed by atoms with van der Waals surface area (Å²) in [7, 11) is 1.36. The van der Waals surface area contributed by atoms with Crippen molar-refractivity contribution in [3.8, 4) is 5.75 Å². The summed E-state index contributed by atoms with van der Waals surface area (Å²) in [4.78, 5) is 23.2. The number of carbonyl (C=O) groups excluding carboxylic acids is 2. The van der Waals surface area contributed by atoms with Gasteiger partial charge in [-0.2, -0.15) is 0 Å². The van der Waals surface area contributed by atoms with Crippen molar-refractivity contribution in [1.82, 2.24) is 0 Å². The lowest BCUT2D eigenvalue weighted by atomic mass is 10.0. The number of rotatable bonds is 7.